The summed E-state index contributed by atoms with van der Waals surface area (Å²) in [7, 11) is 3.49. The summed E-state index contributed by atoms with van der Waals surface area (Å²) in [4.78, 5) is 27.9. The van der Waals surface area contributed by atoms with Crippen molar-refractivity contribution >= 4 is 17.4 Å². The zero-order valence-corrected chi connectivity index (χ0v) is 16.5. The minimum absolute atomic E-state index is 0.0509. The Morgan fingerprint density at radius 1 is 1.25 bits per heavy atom. The number of ether oxygens (including phenoxy) is 1. The predicted molar refractivity (Wildman–Crippen MR) is 108 cm³/mol. The van der Waals surface area contributed by atoms with E-state index in [1.807, 2.05) is 13.0 Å². The van der Waals surface area contributed by atoms with Gasteiger partial charge in [0.1, 0.15) is 5.82 Å². The number of carbonyl (C=O) groups is 1. The van der Waals surface area contributed by atoms with E-state index in [-0.39, 0.29) is 5.91 Å². The van der Waals surface area contributed by atoms with Gasteiger partial charge in [-0.25, -0.2) is 4.98 Å². The van der Waals surface area contributed by atoms with Gasteiger partial charge in [-0.2, -0.15) is 0 Å². The number of rotatable bonds is 4. The number of carbonyl (C=O) groups excluding carboxylic acids is 1. The number of nitrogens with one attached hydrogen (secondary N) is 1. The Balaban J connectivity index is 1.70. The number of hydrogen-bond acceptors (Lipinski definition) is 6. The Hall–Kier alpha value is -2.80. The van der Waals surface area contributed by atoms with E-state index >= 15 is 0 Å². The van der Waals surface area contributed by atoms with E-state index in [4.69, 9.17) is 14.7 Å². The highest BCUT2D eigenvalue weighted by Crippen LogP contribution is 2.30. The molecule has 1 N–H and O–H groups in total. The van der Waals surface area contributed by atoms with Gasteiger partial charge in [-0.15, -0.1) is 0 Å². The van der Waals surface area contributed by atoms with E-state index in [2.05, 4.69) is 16.4 Å². The first-order valence-electron chi connectivity index (χ1n) is 9.60. The van der Waals surface area contributed by atoms with Crippen LogP contribution < -0.4 is 5.32 Å². The third-order valence-electron chi connectivity index (χ3n) is 5.09. The maximum Gasteiger partial charge on any atom is 0.253 e. The summed E-state index contributed by atoms with van der Waals surface area (Å²) >= 11 is 0. The summed E-state index contributed by atoms with van der Waals surface area (Å²) in [5.74, 6) is 0.800. The molecule has 0 radical (unpaired) electrons. The molecule has 2 aliphatic rings. The first-order chi connectivity index (χ1) is 13.5. The van der Waals surface area contributed by atoms with E-state index in [0.29, 0.717) is 23.8 Å². The molecule has 7 nitrogen and oxygen atoms in total. The first kappa shape index (κ1) is 18.6. The fraction of sp³-hybridized carbons (Fsp3) is 0.429. The molecule has 28 heavy (non-hydrogen) atoms. The summed E-state index contributed by atoms with van der Waals surface area (Å²) in [6.45, 7) is 4.14. The molecule has 2 aromatic rings. The molecule has 2 aliphatic heterocycles. The number of aryl methyl sites for hydroxylation is 1. The Labute approximate surface area is 164 Å². The van der Waals surface area contributed by atoms with Gasteiger partial charge < -0.3 is 15.0 Å². The van der Waals surface area contributed by atoms with E-state index in [1.54, 1.807) is 31.3 Å². The number of anilines is 1. The van der Waals surface area contributed by atoms with Crippen molar-refractivity contribution in [3.05, 3.63) is 52.5 Å². The minimum Gasteiger partial charge on any atom is -0.381 e. The number of aromatic nitrogens is 2. The highest BCUT2D eigenvalue weighted by Gasteiger charge is 2.26. The SMILES string of the molecule is Cc1cc2c(c(NC3CCOCC3)n1)C(c1cc(C(=O)N(C)C)ccn1)=NC2. The average Bonchev–Trinajstić information content (AvgIpc) is 3.12. The van der Waals surface area contributed by atoms with Gasteiger partial charge in [0, 0.05) is 56.4 Å². The van der Waals surface area contributed by atoms with Crippen LogP contribution in [-0.2, 0) is 11.3 Å². The molecule has 0 atom stereocenters. The Kier molecular flexibility index (Phi) is 5.09. The summed E-state index contributed by atoms with van der Waals surface area (Å²) in [5.41, 5.74) is 5.21. The average molecular weight is 379 g/mol. The lowest BCUT2D eigenvalue weighted by Crippen LogP contribution is -2.29. The Morgan fingerprint density at radius 2 is 2.04 bits per heavy atom. The van der Waals surface area contributed by atoms with Crippen LogP contribution in [0.25, 0.3) is 0 Å². The molecule has 146 valence electrons. The van der Waals surface area contributed by atoms with E-state index in [0.717, 1.165) is 54.4 Å². The lowest BCUT2D eigenvalue weighted by atomic mass is 10.0. The predicted octanol–water partition coefficient (Wildman–Crippen LogP) is 2.43. The van der Waals surface area contributed by atoms with E-state index in [9.17, 15) is 4.79 Å². The standard InChI is InChI=1S/C21H25N5O2/c1-13-10-15-12-23-19(17-11-14(4-7-22-17)21(27)26(2)3)18(15)20(24-13)25-16-5-8-28-9-6-16/h4,7,10-11,16H,5-6,8-9,12H2,1-3H3,(H,24,25). The van der Waals surface area contributed by atoms with Gasteiger partial charge in [-0.05, 0) is 43.5 Å². The van der Waals surface area contributed by atoms with Crippen molar-refractivity contribution < 1.29 is 9.53 Å². The third-order valence-corrected chi connectivity index (χ3v) is 5.09. The van der Waals surface area contributed by atoms with Crippen LogP contribution in [0.15, 0.2) is 29.4 Å². The number of hydrogen-bond donors (Lipinski definition) is 1. The monoisotopic (exact) mass is 379 g/mol. The maximum absolute atomic E-state index is 12.4. The normalized spacial score (nSPS) is 16.5. The molecule has 1 amide bonds. The summed E-state index contributed by atoms with van der Waals surface area (Å²) in [6.07, 6.45) is 3.59. The second kappa shape index (κ2) is 7.67. The topological polar surface area (TPSA) is 79.7 Å². The van der Waals surface area contributed by atoms with Crippen molar-refractivity contribution in [2.45, 2.75) is 32.4 Å². The minimum atomic E-state index is -0.0509. The van der Waals surface area contributed by atoms with Crippen molar-refractivity contribution in [3.63, 3.8) is 0 Å². The smallest absolute Gasteiger partial charge is 0.253 e. The van der Waals surface area contributed by atoms with Crippen LogP contribution >= 0.6 is 0 Å². The Bertz CT molecular complexity index is 932. The second-order valence-electron chi connectivity index (χ2n) is 7.47. The Morgan fingerprint density at radius 3 is 2.79 bits per heavy atom. The van der Waals surface area contributed by atoms with Gasteiger partial charge >= 0.3 is 0 Å². The van der Waals surface area contributed by atoms with Crippen LogP contribution in [0.1, 0.15) is 45.7 Å². The van der Waals surface area contributed by atoms with Gasteiger partial charge in [-0.1, -0.05) is 0 Å². The molecule has 2 aromatic heterocycles. The molecule has 0 aliphatic carbocycles. The first-order valence-corrected chi connectivity index (χ1v) is 9.60. The molecule has 4 heterocycles. The lowest BCUT2D eigenvalue weighted by Gasteiger charge is -2.25. The van der Waals surface area contributed by atoms with Crippen LogP contribution in [0.4, 0.5) is 5.82 Å². The van der Waals surface area contributed by atoms with Crippen molar-refractivity contribution in [2.24, 2.45) is 4.99 Å². The number of nitrogens with zero attached hydrogens (tertiary/aromatic N) is 4. The number of fused-ring (bicyclic) bond motifs is 1. The highest BCUT2D eigenvalue weighted by atomic mass is 16.5. The maximum atomic E-state index is 12.4. The highest BCUT2D eigenvalue weighted by molar-refractivity contribution is 6.17. The van der Waals surface area contributed by atoms with Crippen molar-refractivity contribution in [1.82, 2.24) is 14.9 Å². The molecule has 1 fully saturated rings. The van der Waals surface area contributed by atoms with Crippen LogP contribution in [0.3, 0.4) is 0 Å². The summed E-state index contributed by atoms with van der Waals surface area (Å²) < 4.78 is 5.47. The number of aliphatic imine (C=N–C) groups is 1. The van der Waals surface area contributed by atoms with Crippen molar-refractivity contribution in [3.8, 4) is 0 Å². The van der Waals surface area contributed by atoms with Crippen molar-refractivity contribution in [2.75, 3.05) is 32.6 Å². The molecular weight excluding hydrogens is 354 g/mol. The van der Waals surface area contributed by atoms with Gasteiger partial charge in [0.05, 0.1) is 18.0 Å². The molecule has 1 saturated heterocycles. The molecule has 0 unspecified atom stereocenters. The largest absolute Gasteiger partial charge is 0.381 e. The van der Waals surface area contributed by atoms with Crippen LogP contribution in [0, 0.1) is 6.92 Å². The zero-order chi connectivity index (χ0) is 19.7. The van der Waals surface area contributed by atoms with Crippen LogP contribution in [0.5, 0.6) is 0 Å². The van der Waals surface area contributed by atoms with Crippen LogP contribution in [-0.4, -0.2) is 59.8 Å². The van der Waals surface area contributed by atoms with Crippen molar-refractivity contribution in [1.29, 1.82) is 0 Å². The molecule has 4 rings (SSSR count). The molecule has 0 bridgehead atoms. The van der Waals surface area contributed by atoms with E-state index < -0.39 is 0 Å². The lowest BCUT2D eigenvalue weighted by molar-refractivity contribution is 0.0827. The number of pyridine rings is 2. The van der Waals surface area contributed by atoms with Crippen LogP contribution in [0.2, 0.25) is 0 Å². The summed E-state index contributed by atoms with van der Waals surface area (Å²) in [5, 5.41) is 3.60. The zero-order valence-electron chi connectivity index (χ0n) is 16.5. The fourth-order valence-corrected chi connectivity index (χ4v) is 3.67. The third kappa shape index (κ3) is 3.62. The van der Waals surface area contributed by atoms with E-state index in [1.165, 1.54) is 0 Å². The molecule has 0 spiro atoms. The number of amides is 1. The quantitative estimate of drug-likeness (QED) is 0.883. The van der Waals surface area contributed by atoms with Gasteiger partial charge in [0.15, 0.2) is 0 Å². The van der Waals surface area contributed by atoms with Gasteiger partial charge in [0.25, 0.3) is 5.91 Å². The fourth-order valence-electron chi connectivity index (χ4n) is 3.67. The second-order valence-corrected chi connectivity index (χ2v) is 7.47. The molecule has 0 saturated carbocycles. The summed E-state index contributed by atoms with van der Waals surface area (Å²) in [6, 6.07) is 5.96. The van der Waals surface area contributed by atoms with Gasteiger partial charge in [0.2, 0.25) is 0 Å². The molecular formula is C21H25N5O2. The van der Waals surface area contributed by atoms with Gasteiger partial charge in [-0.3, -0.25) is 14.8 Å². The molecule has 0 aromatic carbocycles. The molecule has 7 heteroatoms.